The molecule has 1 saturated carbocycles. The van der Waals surface area contributed by atoms with E-state index in [1.807, 2.05) is 17.4 Å². The van der Waals surface area contributed by atoms with Crippen molar-refractivity contribution >= 4 is 48.1 Å². The molecule has 0 spiro atoms. The van der Waals surface area contributed by atoms with Crippen LogP contribution >= 0.6 is 11.3 Å². The highest BCUT2D eigenvalue weighted by Gasteiger charge is 2.66. The standard InChI is InChI=1S/C29H31F2N2S/c1-7-28-11-12-29(28,8-2)33-15(3)25(31)32-19-10-9-16(14-27(4,5)6)23-21(19)22-20(26(32)33)17(28)13-18(30)24(22)34-23/h9-10,13H,7-8,11-12,14H2,1-6H3/q+1. The van der Waals surface area contributed by atoms with Gasteiger partial charge in [0.25, 0.3) is 5.65 Å². The number of rotatable bonds is 3. The molecule has 0 amide bonds. The molecule has 5 heteroatoms. The highest BCUT2D eigenvalue weighted by atomic mass is 32.1. The van der Waals surface area contributed by atoms with E-state index < -0.39 is 0 Å². The van der Waals surface area contributed by atoms with Crippen molar-refractivity contribution in [3.8, 4) is 0 Å². The van der Waals surface area contributed by atoms with E-state index in [9.17, 15) is 0 Å². The van der Waals surface area contributed by atoms with Crippen molar-refractivity contribution < 1.29 is 13.2 Å². The number of fused-ring (bicyclic) bond motifs is 4. The Morgan fingerprint density at radius 1 is 1.03 bits per heavy atom. The smallest absolute Gasteiger partial charge is 0.218 e. The first-order valence-electron chi connectivity index (χ1n) is 12.7. The lowest BCUT2D eigenvalue weighted by Gasteiger charge is -2.59. The molecule has 176 valence electrons. The van der Waals surface area contributed by atoms with Crippen LogP contribution in [0, 0.1) is 24.1 Å². The minimum absolute atomic E-state index is 0.106. The van der Waals surface area contributed by atoms with Gasteiger partial charge in [-0.3, -0.25) is 0 Å². The lowest BCUT2D eigenvalue weighted by molar-refractivity contribution is -0.517. The number of hydrogen-bond acceptors (Lipinski definition) is 1. The van der Waals surface area contributed by atoms with Crippen LogP contribution in [0.5, 0.6) is 0 Å². The Kier molecular flexibility index (Phi) is 3.78. The molecule has 0 radical (unpaired) electrons. The van der Waals surface area contributed by atoms with Crippen LogP contribution in [-0.4, -0.2) is 4.57 Å². The van der Waals surface area contributed by atoms with Gasteiger partial charge in [-0.15, -0.1) is 11.3 Å². The summed E-state index contributed by atoms with van der Waals surface area (Å²) in [6.07, 6.45) is 4.78. The molecule has 2 unspecified atom stereocenters. The van der Waals surface area contributed by atoms with Crippen LogP contribution in [0.3, 0.4) is 0 Å². The van der Waals surface area contributed by atoms with Crippen molar-refractivity contribution in [3.63, 3.8) is 0 Å². The van der Waals surface area contributed by atoms with Crippen LogP contribution in [0.25, 0.3) is 36.7 Å². The molecule has 0 saturated heterocycles. The number of pyridine rings is 1. The summed E-state index contributed by atoms with van der Waals surface area (Å²) in [6, 6.07) is 6.04. The number of imidazole rings is 1. The molecule has 2 aliphatic rings. The predicted octanol–water partition coefficient (Wildman–Crippen LogP) is 7.92. The van der Waals surface area contributed by atoms with E-state index in [4.69, 9.17) is 0 Å². The largest absolute Gasteiger partial charge is 0.325 e. The second kappa shape index (κ2) is 6.10. The van der Waals surface area contributed by atoms with E-state index in [2.05, 4.69) is 51.3 Å². The first-order chi connectivity index (χ1) is 16.1. The van der Waals surface area contributed by atoms with E-state index in [1.54, 1.807) is 11.3 Å². The summed E-state index contributed by atoms with van der Waals surface area (Å²) in [5.74, 6) is -0.287. The van der Waals surface area contributed by atoms with Gasteiger partial charge in [0.1, 0.15) is 16.9 Å². The topological polar surface area (TPSA) is 9.03 Å². The summed E-state index contributed by atoms with van der Waals surface area (Å²) < 4.78 is 38.2. The van der Waals surface area contributed by atoms with Gasteiger partial charge in [0.15, 0.2) is 5.69 Å². The Labute approximate surface area is 202 Å². The van der Waals surface area contributed by atoms with Gasteiger partial charge < -0.3 is 0 Å². The third kappa shape index (κ3) is 2.04. The molecule has 5 aromatic rings. The first-order valence-corrected chi connectivity index (χ1v) is 13.5. The molecule has 1 fully saturated rings. The van der Waals surface area contributed by atoms with Crippen LogP contribution < -0.4 is 4.40 Å². The van der Waals surface area contributed by atoms with Gasteiger partial charge in [-0.25, -0.2) is 8.96 Å². The first kappa shape index (κ1) is 21.0. The van der Waals surface area contributed by atoms with Crippen molar-refractivity contribution in [2.75, 3.05) is 0 Å². The van der Waals surface area contributed by atoms with Gasteiger partial charge in [0.2, 0.25) is 0 Å². The van der Waals surface area contributed by atoms with Crippen molar-refractivity contribution in [3.05, 3.63) is 46.8 Å². The van der Waals surface area contributed by atoms with Gasteiger partial charge >= 0.3 is 5.95 Å². The number of aromatic nitrogens is 2. The maximum Gasteiger partial charge on any atom is 0.325 e. The molecular weight excluding hydrogens is 446 g/mol. The second-order valence-electron chi connectivity index (χ2n) is 12.0. The van der Waals surface area contributed by atoms with Crippen LogP contribution in [-0.2, 0) is 17.4 Å². The van der Waals surface area contributed by atoms with Gasteiger partial charge in [0, 0.05) is 27.8 Å². The zero-order valence-corrected chi connectivity index (χ0v) is 21.6. The lowest BCUT2D eigenvalue weighted by atomic mass is 9.47. The molecule has 4 heterocycles. The Morgan fingerprint density at radius 2 is 1.79 bits per heavy atom. The SMILES string of the molecule is CCC12CCC1(CC)n1c(C)c(F)[n+]3c4ccc(CC(C)(C)C)c5sc6c(F)cc2c(c6c54)c13. The fraction of sp³-hybridized carbons (Fsp3) is 0.483. The van der Waals surface area contributed by atoms with E-state index in [-0.39, 0.29) is 28.1 Å². The second-order valence-corrected chi connectivity index (χ2v) is 13.0. The molecule has 7 rings (SSSR count). The van der Waals surface area contributed by atoms with Gasteiger partial charge in [-0.05, 0) is 60.8 Å². The minimum Gasteiger partial charge on any atom is -0.218 e. The molecule has 1 aliphatic heterocycles. The summed E-state index contributed by atoms with van der Waals surface area (Å²) in [5.41, 5.74) is 4.60. The molecule has 1 aliphatic carbocycles. The number of nitrogens with zero attached hydrogens (tertiary/aromatic N) is 2. The summed E-state index contributed by atoms with van der Waals surface area (Å²) in [6.45, 7) is 13.1. The third-order valence-corrected chi connectivity index (χ3v) is 10.6. The number of halogens is 2. The number of benzene rings is 2. The molecule has 0 N–H and O–H groups in total. The zero-order valence-electron chi connectivity index (χ0n) is 20.8. The fourth-order valence-electron chi connectivity index (χ4n) is 7.92. The Bertz CT molecular complexity index is 1680. The highest BCUT2D eigenvalue weighted by Crippen LogP contribution is 2.65. The Morgan fingerprint density at radius 3 is 2.41 bits per heavy atom. The van der Waals surface area contributed by atoms with Gasteiger partial charge in [-0.1, -0.05) is 40.7 Å². The monoisotopic (exact) mass is 477 g/mol. The number of thiophene rings is 1. The maximum absolute atomic E-state index is 16.2. The van der Waals surface area contributed by atoms with E-state index in [0.29, 0.717) is 5.69 Å². The van der Waals surface area contributed by atoms with Crippen molar-refractivity contribution in [1.82, 2.24) is 4.57 Å². The highest BCUT2D eigenvalue weighted by molar-refractivity contribution is 7.26. The predicted molar refractivity (Wildman–Crippen MR) is 136 cm³/mol. The lowest BCUT2D eigenvalue weighted by Crippen LogP contribution is -2.62. The quantitative estimate of drug-likeness (QED) is 0.184. The fourth-order valence-corrected chi connectivity index (χ4v) is 9.17. The number of hydrogen-bond donors (Lipinski definition) is 0. The van der Waals surface area contributed by atoms with Gasteiger partial charge in [-0.2, -0.15) is 8.79 Å². The molecular formula is C29H31F2N2S+. The average Bonchev–Trinajstić information content (AvgIpc) is 3.28. The van der Waals surface area contributed by atoms with E-state index in [0.717, 1.165) is 74.4 Å². The van der Waals surface area contributed by atoms with Crippen LogP contribution in [0.4, 0.5) is 8.78 Å². The van der Waals surface area contributed by atoms with Crippen molar-refractivity contribution in [2.45, 2.75) is 84.6 Å². The molecule has 0 bridgehead atoms. The minimum atomic E-state index is -0.195. The van der Waals surface area contributed by atoms with Crippen molar-refractivity contribution in [1.29, 1.82) is 0 Å². The molecule has 2 atom stereocenters. The van der Waals surface area contributed by atoms with Crippen LogP contribution in [0.2, 0.25) is 0 Å². The van der Waals surface area contributed by atoms with Crippen molar-refractivity contribution in [2.24, 2.45) is 5.41 Å². The Hall–Kier alpha value is -2.27. The van der Waals surface area contributed by atoms with E-state index in [1.165, 1.54) is 5.56 Å². The summed E-state index contributed by atoms with van der Waals surface area (Å²) in [5, 5.41) is 3.14. The van der Waals surface area contributed by atoms with Gasteiger partial charge in [0.05, 0.1) is 10.1 Å². The van der Waals surface area contributed by atoms with E-state index >= 15 is 8.78 Å². The third-order valence-electron chi connectivity index (χ3n) is 9.33. The normalized spacial score (nSPS) is 24.2. The molecule has 2 nitrogen and oxygen atoms in total. The summed E-state index contributed by atoms with van der Waals surface area (Å²) in [7, 11) is 0. The zero-order chi connectivity index (χ0) is 23.9. The van der Waals surface area contributed by atoms with Crippen LogP contribution in [0.1, 0.15) is 77.1 Å². The Balaban J connectivity index is 1.79. The summed E-state index contributed by atoms with van der Waals surface area (Å²) in [4.78, 5) is 0. The molecule has 2 aromatic carbocycles. The molecule has 3 aromatic heterocycles. The molecule has 34 heavy (non-hydrogen) atoms. The maximum atomic E-state index is 16.2. The average molecular weight is 478 g/mol. The van der Waals surface area contributed by atoms with Crippen LogP contribution in [0.15, 0.2) is 18.2 Å². The summed E-state index contributed by atoms with van der Waals surface area (Å²) >= 11 is 1.56.